The Morgan fingerprint density at radius 1 is 1.41 bits per heavy atom. The van der Waals surface area contributed by atoms with Crippen LogP contribution in [0.2, 0.25) is 0 Å². The zero-order chi connectivity index (χ0) is 12.4. The highest BCUT2D eigenvalue weighted by Crippen LogP contribution is 2.25. The summed E-state index contributed by atoms with van der Waals surface area (Å²) in [5, 5.41) is 22.1. The van der Waals surface area contributed by atoms with Crippen molar-refractivity contribution in [2.45, 2.75) is 4.90 Å². The number of carboxylic acids is 1. The van der Waals surface area contributed by atoms with Crippen molar-refractivity contribution in [2.24, 2.45) is 0 Å². The van der Waals surface area contributed by atoms with Crippen molar-refractivity contribution in [2.75, 3.05) is 6.26 Å². The summed E-state index contributed by atoms with van der Waals surface area (Å²) in [4.78, 5) is 11.7. The molecule has 0 aliphatic heterocycles. The van der Waals surface area contributed by atoms with Gasteiger partial charge in [-0.3, -0.25) is 0 Å². The lowest BCUT2D eigenvalue weighted by molar-refractivity contribution is 0.0687. The molecule has 0 amide bonds. The first kappa shape index (κ1) is 11.5. The number of aromatic carboxylic acids is 1. The molecule has 0 saturated carbocycles. The SMILES string of the molecule is CSc1ccccc1-n1cc(O)c(C(=O)O)n1. The molecule has 0 aliphatic rings. The topological polar surface area (TPSA) is 75.4 Å². The average Bonchev–Trinajstić information content (AvgIpc) is 2.71. The van der Waals surface area contributed by atoms with Crippen LogP contribution in [0.15, 0.2) is 35.4 Å². The molecule has 1 heterocycles. The van der Waals surface area contributed by atoms with Gasteiger partial charge in [-0.25, -0.2) is 9.48 Å². The average molecular weight is 250 g/mol. The molecular weight excluding hydrogens is 240 g/mol. The van der Waals surface area contributed by atoms with Gasteiger partial charge in [0, 0.05) is 4.90 Å². The summed E-state index contributed by atoms with van der Waals surface area (Å²) in [6.07, 6.45) is 3.21. The Bertz CT molecular complexity index is 566. The number of rotatable bonds is 3. The van der Waals surface area contributed by atoms with Crippen LogP contribution in [0.1, 0.15) is 10.5 Å². The number of hydrogen-bond donors (Lipinski definition) is 2. The molecule has 0 unspecified atom stereocenters. The van der Waals surface area contributed by atoms with Gasteiger partial charge in [0.25, 0.3) is 0 Å². The molecule has 0 saturated heterocycles. The Kier molecular flexibility index (Phi) is 3.06. The molecule has 88 valence electrons. The van der Waals surface area contributed by atoms with E-state index in [1.165, 1.54) is 22.6 Å². The summed E-state index contributed by atoms with van der Waals surface area (Å²) in [5.41, 5.74) is 0.392. The van der Waals surface area contributed by atoms with Crippen molar-refractivity contribution >= 4 is 17.7 Å². The lowest BCUT2D eigenvalue weighted by atomic mass is 10.3. The number of carbonyl (C=O) groups is 1. The summed E-state index contributed by atoms with van der Waals surface area (Å²) in [7, 11) is 0. The van der Waals surface area contributed by atoms with Crippen LogP contribution in [-0.2, 0) is 0 Å². The van der Waals surface area contributed by atoms with Crippen LogP contribution in [-0.4, -0.2) is 32.2 Å². The molecule has 2 rings (SSSR count). The first-order valence-corrected chi connectivity index (χ1v) is 6.01. The quantitative estimate of drug-likeness (QED) is 0.815. The maximum absolute atomic E-state index is 10.8. The standard InChI is InChI=1S/C11H10N2O3S/c1-17-9-5-3-2-4-7(9)13-6-8(14)10(12-13)11(15)16/h2-6,14H,1H3,(H,15,16). The second-order valence-corrected chi connectivity index (χ2v) is 4.13. The minimum absolute atomic E-state index is 0.339. The van der Waals surface area contributed by atoms with Crippen LogP contribution in [0.25, 0.3) is 5.69 Å². The van der Waals surface area contributed by atoms with E-state index in [2.05, 4.69) is 5.10 Å². The fourth-order valence-electron chi connectivity index (χ4n) is 1.46. The van der Waals surface area contributed by atoms with E-state index in [1.54, 1.807) is 0 Å². The Balaban J connectivity index is 2.53. The van der Waals surface area contributed by atoms with E-state index < -0.39 is 5.97 Å². The van der Waals surface area contributed by atoms with Gasteiger partial charge in [-0.15, -0.1) is 11.8 Å². The highest BCUT2D eigenvalue weighted by molar-refractivity contribution is 7.98. The summed E-state index contributed by atoms with van der Waals surface area (Å²) in [6.45, 7) is 0. The number of thioether (sulfide) groups is 1. The van der Waals surface area contributed by atoms with Crippen LogP contribution in [0, 0.1) is 0 Å². The maximum Gasteiger partial charge on any atom is 0.360 e. The van der Waals surface area contributed by atoms with E-state index in [9.17, 15) is 9.90 Å². The summed E-state index contributed by atoms with van der Waals surface area (Å²) >= 11 is 1.52. The van der Waals surface area contributed by atoms with Crippen molar-refractivity contribution in [3.8, 4) is 11.4 Å². The van der Waals surface area contributed by atoms with Crippen molar-refractivity contribution in [3.63, 3.8) is 0 Å². The molecule has 0 fully saturated rings. The summed E-state index contributed by atoms with van der Waals surface area (Å²) < 4.78 is 1.37. The van der Waals surface area contributed by atoms with Crippen LogP contribution in [0.5, 0.6) is 5.75 Å². The van der Waals surface area contributed by atoms with Crippen molar-refractivity contribution in [1.29, 1.82) is 0 Å². The van der Waals surface area contributed by atoms with Gasteiger partial charge in [0.2, 0.25) is 5.69 Å². The highest BCUT2D eigenvalue weighted by atomic mass is 32.2. The predicted molar refractivity (Wildman–Crippen MR) is 64.0 cm³/mol. The van der Waals surface area contributed by atoms with Gasteiger partial charge in [-0.05, 0) is 18.4 Å². The third kappa shape index (κ3) is 2.12. The lowest BCUT2D eigenvalue weighted by Gasteiger charge is -2.05. The first-order valence-electron chi connectivity index (χ1n) is 4.79. The Morgan fingerprint density at radius 2 is 2.12 bits per heavy atom. The van der Waals surface area contributed by atoms with E-state index >= 15 is 0 Å². The third-order valence-electron chi connectivity index (χ3n) is 2.23. The number of aromatic hydroxyl groups is 1. The number of aromatic nitrogens is 2. The van der Waals surface area contributed by atoms with E-state index in [0.717, 1.165) is 10.6 Å². The van der Waals surface area contributed by atoms with Crippen LogP contribution < -0.4 is 0 Å². The highest BCUT2D eigenvalue weighted by Gasteiger charge is 2.16. The fourth-order valence-corrected chi connectivity index (χ4v) is 2.04. The molecule has 1 aromatic heterocycles. The van der Waals surface area contributed by atoms with E-state index in [-0.39, 0.29) is 11.4 Å². The Labute approximate surface area is 102 Å². The molecule has 0 atom stereocenters. The molecule has 2 N–H and O–H groups in total. The number of hydrogen-bond acceptors (Lipinski definition) is 4. The molecule has 0 radical (unpaired) electrons. The molecule has 1 aromatic carbocycles. The monoisotopic (exact) mass is 250 g/mol. The van der Waals surface area contributed by atoms with Gasteiger partial charge in [0.1, 0.15) is 0 Å². The van der Waals surface area contributed by atoms with Gasteiger partial charge in [-0.2, -0.15) is 5.10 Å². The smallest absolute Gasteiger partial charge is 0.360 e. The predicted octanol–water partition coefficient (Wildman–Crippen LogP) is 2.00. The van der Waals surface area contributed by atoms with Crippen molar-refractivity contribution < 1.29 is 15.0 Å². The van der Waals surface area contributed by atoms with Crippen molar-refractivity contribution in [1.82, 2.24) is 9.78 Å². The van der Waals surface area contributed by atoms with Gasteiger partial charge in [0.15, 0.2) is 5.75 Å². The first-order chi connectivity index (χ1) is 8.13. The second-order valence-electron chi connectivity index (χ2n) is 3.28. The molecule has 0 spiro atoms. The second kappa shape index (κ2) is 4.50. The van der Waals surface area contributed by atoms with Gasteiger partial charge >= 0.3 is 5.97 Å². The number of nitrogens with zero attached hydrogens (tertiary/aromatic N) is 2. The number of carboxylic acid groups (broad SMARTS) is 1. The Morgan fingerprint density at radius 3 is 2.71 bits per heavy atom. The van der Waals surface area contributed by atoms with Crippen LogP contribution >= 0.6 is 11.8 Å². The molecule has 2 aromatic rings. The normalized spacial score (nSPS) is 10.4. The van der Waals surface area contributed by atoms with Gasteiger partial charge < -0.3 is 10.2 Å². The summed E-state index contributed by atoms with van der Waals surface area (Å²) in [6, 6.07) is 7.42. The largest absolute Gasteiger partial charge is 0.504 e. The van der Waals surface area contributed by atoms with Gasteiger partial charge in [0.05, 0.1) is 11.9 Å². The van der Waals surface area contributed by atoms with Crippen LogP contribution in [0.3, 0.4) is 0 Å². The molecule has 17 heavy (non-hydrogen) atoms. The minimum atomic E-state index is -1.25. The maximum atomic E-state index is 10.8. The van der Waals surface area contributed by atoms with E-state index in [0.29, 0.717) is 0 Å². The molecule has 6 heteroatoms. The number of benzene rings is 1. The summed E-state index contributed by atoms with van der Waals surface area (Å²) in [5.74, 6) is -1.59. The van der Waals surface area contributed by atoms with Gasteiger partial charge in [-0.1, -0.05) is 12.1 Å². The molecule has 5 nitrogen and oxygen atoms in total. The minimum Gasteiger partial charge on any atom is -0.504 e. The van der Waals surface area contributed by atoms with Crippen LogP contribution in [0.4, 0.5) is 0 Å². The van der Waals surface area contributed by atoms with Crippen molar-refractivity contribution in [3.05, 3.63) is 36.2 Å². The fraction of sp³-hybridized carbons (Fsp3) is 0.0909. The zero-order valence-electron chi connectivity index (χ0n) is 8.99. The zero-order valence-corrected chi connectivity index (χ0v) is 9.81. The van der Waals surface area contributed by atoms with E-state index in [4.69, 9.17) is 5.11 Å². The van der Waals surface area contributed by atoms with E-state index in [1.807, 2.05) is 30.5 Å². The lowest BCUT2D eigenvalue weighted by Crippen LogP contribution is -2.01. The number of para-hydroxylation sites is 1. The molecule has 0 aliphatic carbocycles. The molecule has 0 bridgehead atoms. The Hall–Kier alpha value is -1.95. The third-order valence-corrected chi connectivity index (χ3v) is 3.01. The molecular formula is C11H10N2O3S.